The van der Waals surface area contributed by atoms with Crippen molar-refractivity contribution in [2.75, 3.05) is 26.8 Å². The van der Waals surface area contributed by atoms with E-state index in [9.17, 15) is 9.59 Å². The lowest BCUT2D eigenvalue weighted by Gasteiger charge is -2.36. The molecule has 6 nitrogen and oxygen atoms in total. The molecule has 1 N–H and O–H groups in total. The van der Waals surface area contributed by atoms with Gasteiger partial charge < -0.3 is 19.5 Å². The van der Waals surface area contributed by atoms with Crippen LogP contribution in [0.1, 0.15) is 17.3 Å². The zero-order valence-electron chi connectivity index (χ0n) is 11.5. The fraction of sp³-hybridized carbons (Fsp3) is 0.429. The summed E-state index contributed by atoms with van der Waals surface area (Å²) >= 11 is 0. The summed E-state index contributed by atoms with van der Waals surface area (Å²) in [7, 11) is 1.53. The molecular formula is C14H17NO5. The van der Waals surface area contributed by atoms with Gasteiger partial charge in [-0.1, -0.05) is 0 Å². The SMILES string of the molecule is CCOc1cc(C(=O)N2CC(C(=O)O)C2)ccc1OC. The Morgan fingerprint density at radius 2 is 2.05 bits per heavy atom. The van der Waals surface area contributed by atoms with Gasteiger partial charge in [-0.05, 0) is 25.1 Å². The van der Waals surface area contributed by atoms with Crippen LogP contribution in [-0.4, -0.2) is 48.7 Å². The molecule has 0 saturated carbocycles. The molecule has 1 aromatic rings. The van der Waals surface area contributed by atoms with Gasteiger partial charge in [0.15, 0.2) is 11.5 Å². The molecule has 20 heavy (non-hydrogen) atoms. The highest BCUT2D eigenvalue weighted by Crippen LogP contribution is 2.29. The number of hydrogen-bond acceptors (Lipinski definition) is 4. The van der Waals surface area contributed by atoms with E-state index >= 15 is 0 Å². The third kappa shape index (κ3) is 2.68. The number of hydrogen-bond donors (Lipinski definition) is 1. The van der Waals surface area contributed by atoms with Crippen molar-refractivity contribution < 1.29 is 24.2 Å². The van der Waals surface area contributed by atoms with Gasteiger partial charge in [-0.2, -0.15) is 0 Å². The Morgan fingerprint density at radius 1 is 1.35 bits per heavy atom. The Morgan fingerprint density at radius 3 is 2.60 bits per heavy atom. The number of rotatable bonds is 5. The zero-order chi connectivity index (χ0) is 14.7. The van der Waals surface area contributed by atoms with Gasteiger partial charge in [0.25, 0.3) is 5.91 Å². The first-order chi connectivity index (χ1) is 9.56. The second kappa shape index (κ2) is 5.81. The van der Waals surface area contributed by atoms with E-state index in [4.69, 9.17) is 14.6 Å². The van der Waals surface area contributed by atoms with Crippen LogP contribution in [0.3, 0.4) is 0 Å². The molecule has 6 heteroatoms. The first-order valence-electron chi connectivity index (χ1n) is 6.39. The molecule has 0 bridgehead atoms. The van der Waals surface area contributed by atoms with Crippen molar-refractivity contribution in [2.45, 2.75) is 6.92 Å². The molecule has 1 fully saturated rings. The van der Waals surface area contributed by atoms with Gasteiger partial charge in [0, 0.05) is 18.7 Å². The monoisotopic (exact) mass is 279 g/mol. The molecular weight excluding hydrogens is 262 g/mol. The first-order valence-corrected chi connectivity index (χ1v) is 6.39. The van der Waals surface area contributed by atoms with E-state index in [0.717, 1.165) is 0 Å². The summed E-state index contributed by atoms with van der Waals surface area (Å²) in [5.41, 5.74) is 0.470. The maximum atomic E-state index is 12.2. The first kappa shape index (κ1) is 14.2. The van der Waals surface area contributed by atoms with Gasteiger partial charge in [-0.15, -0.1) is 0 Å². The van der Waals surface area contributed by atoms with Crippen molar-refractivity contribution >= 4 is 11.9 Å². The van der Waals surface area contributed by atoms with Crippen LogP contribution in [0.2, 0.25) is 0 Å². The fourth-order valence-electron chi connectivity index (χ4n) is 2.06. The topological polar surface area (TPSA) is 76.1 Å². The van der Waals surface area contributed by atoms with Crippen LogP contribution >= 0.6 is 0 Å². The normalized spacial score (nSPS) is 14.6. The minimum atomic E-state index is -0.862. The van der Waals surface area contributed by atoms with Crippen molar-refractivity contribution in [1.29, 1.82) is 0 Å². The Kier molecular flexibility index (Phi) is 4.12. The second-order valence-electron chi connectivity index (χ2n) is 4.54. The van der Waals surface area contributed by atoms with E-state index in [0.29, 0.717) is 23.7 Å². The number of carboxylic acids is 1. The zero-order valence-corrected chi connectivity index (χ0v) is 11.5. The van der Waals surface area contributed by atoms with Crippen LogP contribution in [0.5, 0.6) is 11.5 Å². The highest BCUT2D eigenvalue weighted by atomic mass is 16.5. The van der Waals surface area contributed by atoms with Crippen molar-refractivity contribution in [2.24, 2.45) is 5.92 Å². The van der Waals surface area contributed by atoms with Gasteiger partial charge in [-0.25, -0.2) is 0 Å². The predicted octanol–water partition coefficient (Wildman–Crippen LogP) is 1.25. The minimum absolute atomic E-state index is 0.189. The van der Waals surface area contributed by atoms with Crippen molar-refractivity contribution in [3.8, 4) is 11.5 Å². The van der Waals surface area contributed by atoms with Crippen LogP contribution in [0, 0.1) is 5.92 Å². The summed E-state index contributed by atoms with van der Waals surface area (Å²) in [5.74, 6) is -0.431. The Labute approximate surface area is 116 Å². The van der Waals surface area contributed by atoms with E-state index in [-0.39, 0.29) is 19.0 Å². The Bertz CT molecular complexity index is 522. The molecule has 0 aliphatic carbocycles. The van der Waals surface area contributed by atoms with Gasteiger partial charge in [-0.3, -0.25) is 9.59 Å². The summed E-state index contributed by atoms with van der Waals surface area (Å²) < 4.78 is 10.6. The van der Waals surface area contributed by atoms with Crippen LogP contribution in [0.4, 0.5) is 0 Å². The lowest BCUT2D eigenvalue weighted by Crippen LogP contribution is -2.53. The molecule has 0 atom stereocenters. The molecule has 1 amide bonds. The number of methoxy groups -OCH3 is 1. The summed E-state index contributed by atoms with van der Waals surface area (Å²) in [6, 6.07) is 4.95. The number of aliphatic carboxylic acids is 1. The summed E-state index contributed by atoms with van der Waals surface area (Å²) in [4.78, 5) is 24.4. The largest absolute Gasteiger partial charge is 0.493 e. The van der Waals surface area contributed by atoms with Gasteiger partial charge in [0.1, 0.15) is 0 Å². The average Bonchev–Trinajstić information content (AvgIpc) is 2.36. The van der Waals surface area contributed by atoms with E-state index in [2.05, 4.69) is 0 Å². The number of nitrogens with zero attached hydrogens (tertiary/aromatic N) is 1. The van der Waals surface area contributed by atoms with E-state index < -0.39 is 11.9 Å². The third-order valence-electron chi connectivity index (χ3n) is 3.23. The minimum Gasteiger partial charge on any atom is -0.493 e. The van der Waals surface area contributed by atoms with Crippen LogP contribution < -0.4 is 9.47 Å². The molecule has 1 heterocycles. The maximum absolute atomic E-state index is 12.2. The number of likely N-dealkylation sites (tertiary alicyclic amines) is 1. The van der Waals surface area contributed by atoms with Crippen LogP contribution in [0.15, 0.2) is 18.2 Å². The number of benzene rings is 1. The van der Waals surface area contributed by atoms with Crippen molar-refractivity contribution in [1.82, 2.24) is 4.90 Å². The number of ether oxygens (including phenoxy) is 2. The standard InChI is InChI=1S/C14H17NO5/c1-3-20-12-6-9(4-5-11(12)19-2)13(16)15-7-10(8-15)14(17)18/h4-6,10H,3,7-8H2,1-2H3,(H,17,18). The number of carbonyl (C=O) groups excluding carboxylic acids is 1. The summed E-state index contributed by atoms with van der Waals surface area (Å²) in [5, 5.41) is 8.81. The molecule has 1 saturated heterocycles. The molecule has 0 spiro atoms. The molecule has 1 aliphatic rings. The van der Waals surface area contributed by atoms with Crippen molar-refractivity contribution in [3.05, 3.63) is 23.8 Å². The predicted molar refractivity (Wildman–Crippen MR) is 71.2 cm³/mol. The molecule has 0 aromatic heterocycles. The smallest absolute Gasteiger partial charge is 0.310 e. The van der Waals surface area contributed by atoms with Gasteiger partial charge >= 0.3 is 5.97 Å². The second-order valence-corrected chi connectivity index (χ2v) is 4.54. The molecule has 108 valence electrons. The lowest BCUT2D eigenvalue weighted by molar-refractivity contribution is -0.146. The van der Waals surface area contributed by atoms with E-state index in [1.54, 1.807) is 18.2 Å². The summed E-state index contributed by atoms with van der Waals surface area (Å²) in [6.07, 6.45) is 0. The lowest BCUT2D eigenvalue weighted by atomic mass is 9.99. The van der Waals surface area contributed by atoms with Gasteiger partial charge in [0.05, 0.1) is 19.6 Å². The molecule has 0 radical (unpaired) electrons. The summed E-state index contributed by atoms with van der Waals surface area (Å²) in [6.45, 7) is 2.83. The molecule has 0 unspecified atom stereocenters. The highest BCUT2D eigenvalue weighted by Gasteiger charge is 2.36. The van der Waals surface area contributed by atoms with E-state index in [1.807, 2.05) is 6.92 Å². The van der Waals surface area contributed by atoms with Crippen LogP contribution in [-0.2, 0) is 4.79 Å². The highest BCUT2D eigenvalue weighted by molar-refractivity contribution is 5.96. The number of carbonyl (C=O) groups is 2. The van der Waals surface area contributed by atoms with Crippen molar-refractivity contribution in [3.63, 3.8) is 0 Å². The Balaban J connectivity index is 2.11. The fourth-order valence-corrected chi connectivity index (χ4v) is 2.06. The van der Waals surface area contributed by atoms with Gasteiger partial charge in [0.2, 0.25) is 0 Å². The quantitative estimate of drug-likeness (QED) is 0.878. The van der Waals surface area contributed by atoms with Crippen LogP contribution in [0.25, 0.3) is 0 Å². The number of amides is 1. The third-order valence-corrected chi connectivity index (χ3v) is 3.23. The maximum Gasteiger partial charge on any atom is 0.310 e. The molecule has 1 aromatic carbocycles. The number of carboxylic acid groups (broad SMARTS) is 1. The Hall–Kier alpha value is -2.24. The average molecular weight is 279 g/mol. The molecule has 1 aliphatic heterocycles. The van der Waals surface area contributed by atoms with E-state index in [1.165, 1.54) is 12.0 Å². The molecule has 2 rings (SSSR count).